The molecule has 7 nitrogen and oxygen atoms in total. The third-order valence-corrected chi connectivity index (χ3v) is 4.50. The molecule has 1 fully saturated rings. The topological polar surface area (TPSA) is 78.4 Å². The number of fused-ring (bicyclic) bond motifs is 1. The summed E-state index contributed by atoms with van der Waals surface area (Å²) in [4.78, 5) is 37.1. The van der Waals surface area contributed by atoms with Gasteiger partial charge in [0.05, 0.1) is 22.4 Å². The van der Waals surface area contributed by atoms with Gasteiger partial charge >= 0.3 is 6.03 Å². The number of hydrogen-bond donors (Lipinski definition) is 1. The van der Waals surface area contributed by atoms with Crippen LogP contribution in [0.4, 0.5) is 4.79 Å². The van der Waals surface area contributed by atoms with E-state index in [9.17, 15) is 9.59 Å². The fraction of sp³-hybridized carbons (Fsp3) is 0.444. The minimum atomic E-state index is -0.0681. The summed E-state index contributed by atoms with van der Waals surface area (Å²) in [7, 11) is 0. The van der Waals surface area contributed by atoms with E-state index in [1.807, 2.05) is 26.8 Å². The summed E-state index contributed by atoms with van der Waals surface area (Å²) >= 11 is 0. The highest BCUT2D eigenvalue weighted by Crippen LogP contribution is 2.16. The molecule has 1 N–H and O–H groups in total. The molecule has 0 radical (unpaired) electrons. The molecule has 0 atom stereocenters. The number of amides is 3. The average Bonchev–Trinajstić information content (AvgIpc) is 2.62. The molecule has 132 valence electrons. The molecule has 1 aromatic heterocycles. The Morgan fingerprint density at radius 1 is 1.00 bits per heavy atom. The minimum Gasteiger partial charge on any atom is -0.338 e. The number of rotatable bonds is 2. The van der Waals surface area contributed by atoms with E-state index in [-0.39, 0.29) is 11.9 Å². The van der Waals surface area contributed by atoms with Gasteiger partial charge in [0.15, 0.2) is 0 Å². The zero-order valence-corrected chi connectivity index (χ0v) is 14.9. The average molecular weight is 341 g/mol. The fourth-order valence-electron chi connectivity index (χ4n) is 2.92. The number of urea groups is 1. The first-order valence-electron chi connectivity index (χ1n) is 8.56. The Morgan fingerprint density at radius 3 is 2.24 bits per heavy atom. The lowest BCUT2D eigenvalue weighted by atomic mass is 10.1. The van der Waals surface area contributed by atoms with Crippen molar-refractivity contribution < 1.29 is 9.59 Å². The molecule has 0 saturated carbocycles. The molecule has 25 heavy (non-hydrogen) atoms. The Kier molecular flexibility index (Phi) is 4.83. The molecule has 0 spiro atoms. The van der Waals surface area contributed by atoms with Crippen molar-refractivity contribution in [3.63, 3.8) is 0 Å². The Bertz CT molecular complexity index is 812. The predicted molar refractivity (Wildman–Crippen MR) is 95.6 cm³/mol. The first-order valence-corrected chi connectivity index (χ1v) is 8.56. The van der Waals surface area contributed by atoms with Crippen LogP contribution >= 0.6 is 0 Å². The zero-order valence-electron chi connectivity index (χ0n) is 14.9. The van der Waals surface area contributed by atoms with Crippen LogP contribution in [0.3, 0.4) is 0 Å². The minimum absolute atomic E-state index is 0.0301. The Hall–Kier alpha value is -2.70. The number of carbonyl (C=O) groups excluding carboxylic acids is 2. The van der Waals surface area contributed by atoms with Gasteiger partial charge in [-0.05, 0) is 39.0 Å². The van der Waals surface area contributed by atoms with E-state index >= 15 is 0 Å². The maximum Gasteiger partial charge on any atom is 0.317 e. The molecule has 2 aromatic rings. The van der Waals surface area contributed by atoms with Crippen molar-refractivity contribution in [3.8, 4) is 0 Å². The molecule has 2 heterocycles. The summed E-state index contributed by atoms with van der Waals surface area (Å²) in [6.07, 6.45) is 0. The highest BCUT2D eigenvalue weighted by Gasteiger charge is 2.24. The normalized spacial score (nSPS) is 14.7. The first-order chi connectivity index (χ1) is 12.0. The van der Waals surface area contributed by atoms with Crippen LogP contribution in [0.15, 0.2) is 18.2 Å². The van der Waals surface area contributed by atoms with Crippen LogP contribution < -0.4 is 5.32 Å². The molecule has 0 unspecified atom stereocenters. The van der Waals surface area contributed by atoms with Gasteiger partial charge in [-0.15, -0.1) is 0 Å². The number of nitrogens with zero attached hydrogens (tertiary/aromatic N) is 4. The second-order valence-corrected chi connectivity index (χ2v) is 6.21. The summed E-state index contributed by atoms with van der Waals surface area (Å²) in [5.41, 5.74) is 3.90. The molecule has 3 amide bonds. The Labute approximate surface area is 147 Å². The lowest BCUT2D eigenvalue weighted by Crippen LogP contribution is -2.53. The summed E-state index contributed by atoms with van der Waals surface area (Å²) < 4.78 is 0. The second-order valence-electron chi connectivity index (χ2n) is 6.21. The van der Waals surface area contributed by atoms with Gasteiger partial charge in [-0.1, -0.05) is 0 Å². The standard InChI is InChI=1S/C18H23N5O2/c1-4-19-18(25)23-9-7-22(8-10-23)17(24)14-5-6-15-16(11-14)21-13(3)12(2)20-15/h5-6,11H,4,7-10H2,1-3H3,(H,19,25). The van der Waals surface area contributed by atoms with Gasteiger partial charge < -0.3 is 15.1 Å². The number of carbonyl (C=O) groups is 2. The quantitative estimate of drug-likeness (QED) is 0.902. The zero-order chi connectivity index (χ0) is 18.0. The largest absolute Gasteiger partial charge is 0.338 e. The number of piperazine rings is 1. The lowest BCUT2D eigenvalue weighted by molar-refractivity contribution is 0.0665. The molecule has 3 rings (SSSR count). The van der Waals surface area contributed by atoms with E-state index in [1.165, 1.54) is 0 Å². The molecule has 7 heteroatoms. The molecule has 1 aromatic carbocycles. The van der Waals surface area contributed by atoms with Crippen molar-refractivity contribution in [1.29, 1.82) is 0 Å². The number of nitrogens with one attached hydrogen (secondary N) is 1. The van der Waals surface area contributed by atoms with E-state index in [1.54, 1.807) is 21.9 Å². The van der Waals surface area contributed by atoms with Gasteiger partial charge in [0.2, 0.25) is 0 Å². The van der Waals surface area contributed by atoms with Gasteiger partial charge in [0, 0.05) is 38.3 Å². The number of aromatic nitrogens is 2. The Morgan fingerprint density at radius 2 is 1.60 bits per heavy atom. The summed E-state index contributed by atoms with van der Waals surface area (Å²) in [5, 5.41) is 2.79. The van der Waals surface area contributed by atoms with Gasteiger partial charge in [0.1, 0.15) is 0 Å². The fourth-order valence-corrected chi connectivity index (χ4v) is 2.92. The van der Waals surface area contributed by atoms with Crippen molar-refractivity contribution >= 4 is 23.0 Å². The molecule has 0 aliphatic carbocycles. The summed E-state index contributed by atoms with van der Waals surface area (Å²) in [6, 6.07) is 5.37. The van der Waals surface area contributed by atoms with Gasteiger partial charge in [-0.3, -0.25) is 4.79 Å². The molecule has 1 aliphatic rings. The van der Waals surface area contributed by atoms with E-state index in [4.69, 9.17) is 0 Å². The van der Waals surface area contributed by atoms with Gasteiger partial charge in [-0.25, -0.2) is 14.8 Å². The third kappa shape index (κ3) is 3.55. The van der Waals surface area contributed by atoms with E-state index in [2.05, 4.69) is 15.3 Å². The van der Waals surface area contributed by atoms with Crippen LogP contribution in [0.2, 0.25) is 0 Å². The molecular formula is C18H23N5O2. The molecular weight excluding hydrogens is 318 g/mol. The Balaban J connectivity index is 1.72. The van der Waals surface area contributed by atoms with Crippen LogP contribution in [0.5, 0.6) is 0 Å². The monoisotopic (exact) mass is 341 g/mol. The third-order valence-electron chi connectivity index (χ3n) is 4.50. The van der Waals surface area contributed by atoms with Crippen LogP contribution in [0.1, 0.15) is 28.7 Å². The molecule has 1 saturated heterocycles. The smallest absolute Gasteiger partial charge is 0.317 e. The van der Waals surface area contributed by atoms with Crippen molar-refractivity contribution in [3.05, 3.63) is 35.2 Å². The lowest BCUT2D eigenvalue weighted by Gasteiger charge is -2.34. The number of aryl methyl sites for hydroxylation is 2. The van der Waals surface area contributed by atoms with Crippen LogP contribution in [-0.4, -0.2) is 64.4 Å². The highest BCUT2D eigenvalue weighted by atomic mass is 16.2. The molecule has 1 aliphatic heterocycles. The van der Waals surface area contributed by atoms with Gasteiger partial charge in [-0.2, -0.15) is 0 Å². The van der Waals surface area contributed by atoms with Crippen molar-refractivity contribution in [2.24, 2.45) is 0 Å². The van der Waals surface area contributed by atoms with Crippen LogP contribution in [0, 0.1) is 13.8 Å². The van der Waals surface area contributed by atoms with Crippen molar-refractivity contribution in [1.82, 2.24) is 25.1 Å². The molecule has 0 bridgehead atoms. The maximum absolute atomic E-state index is 12.8. The summed E-state index contributed by atoms with van der Waals surface area (Å²) in [6.45, 7) is 8.50. The number of hydrogen-bond acceptors (Lipinski definition) is 4. The second kappa shape index (κ2) is 7.04. The first kappa shape index (κ1) is 17.1. The van der Waals surface area contributed by atoms with Crippen LogP contribution in [-0.2, 0) is 0 Å². The highest BCUT2D eigenvalue weighted by molar-refractivity contribution is 5.97. The SMILES string of the molecule is CCNC(=O)N1CCN(C(=O)c2ccc3nc(C)c(C)nc3c2)CC1. The van der Waals surface area contributed by atoms with E-state index in [0.717, 1.165) is 22.4 Å². The van der Waals surface area contributed by atoms with Crippen molar-refractivity contribution in [2.45, 2.75) is 20.8 Å². The van der Waals surface area contributed by atoms with Crippen molar-refractivity contribution in [2.75, 3.05) is 32.7 Å². The van der Waals surface area contributed by atoms with E-state index in [0.29, 0.717) is 38.3 Å². The number of benzene rings is 1. The van der Waals surface area contributed by atoms with Crippen LogP contribution in [0.25, 0.3) is 11.0 Å². The summed E-state index contributed by atoms with van der Waals surface area (Å²) in [5.74, 6) is -0.0301. The van der Waals surface area contributed by atoms with Gasteiger partial charge in [0.25, 0.3) is 5.91 Å². The predicted octanol–water partition coefficient (Wildman–Crippen LogP) is 1.73. The van der Waals surface area contributed by atoms with E-state index < -0.39 is 0 Å². The maximum atomic E-state index is 12.8.